The molecule has 0 aromatic rings. The van der Waals surface area contributed by atoms with Gasteiger partial charge in [0.15, 0.2) is 5.78 Å². The van der Waals surface area contributed by atoms with E-state index < -0.39 is 20.9 Å². The highest BCUT2D eigenvalue weighted by Crippen LogP contribution is 2.65. The summed E-state index contributed by atoms with van der Waals surface area (Å²) in [5.74, 6) is -0.239. The maximum absolute atomic E-state index is 12.1. The average molecular weight is 311 g/mol. The first-order valence-electron chi connectivity index (χ1n) is 5.25. The molecule has 0 unspecified atom stereocenters. The largest absolute Gasteiger partial charge is 0.298 e. The second-order valence-corrected chi connectivity index (χ2v) is 7.83. The lowest BCUT2D eigenvalue weighted by atomic mass is 9.70. The maximum Gasteiger partial charge on any atom is 0.265 e. The number of alkyl halides is 1. The number of halogens is 1. The van der Waals surface area contributed by atoms with Crippen LogP contribution in [0.25, 0.3) is 0 Å². The molecule has 0 spiro atoms. The summed E-state index contributed by atoms with van der Waals surface area (Å²) in [4.78, 5) is 11.8. The van der Waals surface area contributed by atoms with Crippen LogP contribution in [0.5, 0.6) is 0 Å². The molecule has 0 aromatic heterocycles. The van der Waals surface area contributed by atoms with E-state index in [9.17, 15) is 13.2 Å². The van der Waals surface area contributed by atoms with E-state index in [0.29, 0.717) is 6.42 Å². The zero-order chi connectivity index (χ0) is 12.4. The molecule has 6 heteroatoms. The molecule has 2 saturated carbocycles. The minimum atomic E-state index is -4.05. The van der Waals surface area contributed by atoms with Crippen molar-refractivity contribution in [2.75, 3.05) is 5.75 Å². The zero-order valence-corrected chi connectivity index (χ0v) is 11.6. The van der Waals surface area contributed by atoms with Crippen molar-refractivity contribution in [3.63, 3.8) is 0 Å². The Morgan fingerprint density at radius 1 is 1.50 bits per heavy atom. The van der Waals surface area contributed by atoms with Crippen LogP contribution in [0, 0.1) is 16.7 Å². The van der Waals surface area contributed by atoms with E-state index in [1.807, 2.05) is 6.92 Å². The molecule has 2 fully saturated rings. The fourth-order valence-electron chi connectivity index (χ4n) is 3.46. The van der Waals surface area contributed by atoms with Crippen LogP contribution < -0.4 is 0 Å². The van der Waals surface area contributed by atoms with Crippen molar-refractivity contribution in [3.8, 4) is 0 Å². The summed E-state index contributed by atoms with van der Waals surface area (Å²) in [6, 6.07) is 0. The van der Waals surface area contributed by atoms with E-state index in [-0.39, 0.29) is 22.3 Å². The predicted molar refractivity (Wildman–Crippen MR) is 63.1 cm³/mol. The van der Waals surface area contributed by atoms with Crippen molar-refractivity contribution in [1.29, 1.82) is 0 Å². The number of hydrogen-bond acceptors (Lipinski definition) is 3. The van der Waals surface area contributed by atoms with Crippen molar-refractivity contribution in [2.24, 2.45) is 16.7 Å². The molecule has 0 aromatic carbocycles. The summed E-state index contributed by atoms with van der Waals surface area (Å²) >= 11 is 3.35. The van der Waals surface area contributed by atoms with Gasteiger partial charge in [0.1, 0.15) is 0 Å². The number of ketones is 1. The minimum absolute atomic E-state index is 0.00641. The van der Waals surface area contributed by atoms with E-state index in [2.05, 4.69) is 15.9 Å². The first-order valence-corrected chi connectivity index (χ1v) is 7.78. The lowest BCUT2D eigenvalue weighted by molar-refractivity contribution is -0.127. The predicted octanol–water partition coefficient (Wildman–Crippen LogP) is 1.64. The van der Waals surface area contributed by atoms with Gasteiger partial charge in [0.05, 0.1) is 10.6 Å². The first kappa shape index (κ1) is 12.5. The van der Waals surface area contributed by atoms with Crippen molar-refractivity contribution in [1.82, 2.24) is 0 Å². The Morgan fingerprint density at radius 3 is 2.44 bits per heavy atom. The summed E-state index contributed by atoms with van der Waals surface area (Å²) in [6.07, 6.45) is 1.55. The van der Waals surface area contributed by atoms with Crippen molar-refractivity contribution in [3.05, 3.63) is 0 Å². The molecule has 1 N–H and O–H groups in total. The van der Waals surface area contributed by atoms with Crippen molar-refractivity contribution < 1.29 is 17.8 Å². The molecule has 0 amide bonds. The third-order valence-corrected chi connectivity index (χ3v) is 6.68. The molecular formula is C10H15BrO4S. The Kier molecular flexibility index (Phi) is 2.58. The van der Waals surface area contributed by atoms with Crippen LogP contribution in [0.2, 0.25) is 0 Å². The number of carbonyl (C=O) groups is 1. The molecule has 0 aliphatic heterocycles. The Balaban J connectivity index is 2.47. The van der Waals surface area contributed by atoms with Crippen LogP contribution in [0.4, 0.5) is 0 Å². The van der Waals surface area contributed by atoms with Crippen LogP contribution in [0.3, 0.4) is 0 Å². The van der Waals surface area contributed by atoms with Crippen LogP contribution in [-0.4, -0.2) is 29.3 Å². The third-order valence-electron chi connectivity index (χ3n) is 4.66. The van der Waals surface area contributed by atoms with Gasteiger partial charge < -0.3 is 0 Å². The third kappa shape index (κ3) is 1.42. The SMILES string of the molecule is C[C@]12CC[C@@H]([C@@H](Br)C1=O)[C@]2(C)CS(=O)(=O)O. The molecule has 92 valence electrons. The lowest BCUT2D eigenvalue weighted by Gasteiger charge is -2.35. The van der Waals surface area contributed by atoms with Gasteiger partial charge in [-0.15, -0.1) is 0 Å². The van der Waals surface area contributed by atoms with Crippen LogP contribution in [0.1, 0.15) is 26.7 Å². The summed E-state index contributed by atoms with van der Waals surface area (Å²) in [7, 11) is -4.05. The Morgan fingerprint density at radius 2 is 2.06 bits per heavy atom. The standard InChI is InChI=1S/C10H15BrO4S/c1-9-4-3-6(7(11)8(9)12)10(9,2)5-16(13,14)15/h6-7H,3-5H2,1-2H3,(H,13,14,15)/t6-,7+,9-,10-/m0/s1. The highest BCUT2D eigenvalue weighted by Gasteiger charge is 2.68. The smallest absolute Gasteiger partial charge is 0.265 e. The first-order chi connectivity index (χ1) is 7.12. The van der Waals surface area contributed by atoms with Crippen LogP contribution >= 0.6 is 15.9 Å². The molecule has 2 bridgehead atoms. The average Bonchev–Trinajstić information content (AvgIpc) is 2.40. The molecule has 0 saturated heterocycles. The summed E-state index contributed by atoms with van der Waals surface area (Å²) in [5, 5.41) is 0. The fraction of sp³-hybridized carbons (Fsp3) is 0.900. The maximum atomic E-state index is 12.1. The zero-order valence-electron chi connectivity index (χ0n) is 9.23. The summed E-state index contributed by atoms with van der Waals surface area (Å²) in [5.41, 5.74) is -1.27. The van der Waals surface area contributed by atoms with Gasteiger partial charge in [-0.3, -0.25) is 9.35 Å². The molecule has 4 nitrogen and oxygen atoms in total. The Hall–Kier alpha value is 0.0600. The molecule has 16 heavy (non-hydrogen) atoms. The van der Waals surface area contributed by atoms with Gasteiger partial charge in [-0.05, 0) is 18.8 Å². The van der Waals surface area contributed by atoms with Gasteiger partial charge in [0.2, 0.25) is 0 Å². The van der Waals surface area contributed by atoms with Crippen molar-refractivity contribution >= 4 is 31.8 Å². The Bertz CT molecular complexity index is 446. The molecule has 0 radical (unpaired) electrons. The molecule has 2 aliphatic carbocycles. The van der Waals surface area contributed by atoms with E-state index in [4.69, 9.17) is 4.55 Å². The van der Waals surface area contributed by atoms with Crippen LogP contribution in [0.15, 0.2) is 0 Å². The minimum Gasteiger partial charge on any atom is -0.298 e. The number of Topliss-reactive ketones (excluding diaryl/α,β-unsaturated/α-hetero) is 1. The van der Waals surface area contributed by atoms with Gasteiger partial charge in [0.25, 0.3) is 10.1 Å². The van der Waals surface area contributed by atoms with E-state index in [1.165, 1.54) is 0 Å². The van der Waals surface area contributed by atoms with E-state index in [1.54, 1.807) is 6.92 Å². The van der Waals surface area contributed by atoms with Gasteiger partial charge in [-0.2, -0.15) is 8.42 Å². The molecule has 4 atom stereocenters. The number of carbonyl (C=O) groups excluding carboxylic acids is 1. The topological polar surface area (TPSA) is 71.4 Å². The second kappa shape index (κ2) is 3.29. The quantitative estimate of drug-likeness (QED) is 0.622. The molecular weight excluding hydrogens is 296 g/mol. The second-order valence-electron chi connectivity index (χ2n) is 5.39. The van der Waals surface area contributed by atoms with Gasteiger partial charge in [0, 0.05) is 10.8 Å². The monoisotopic (exact) mass is 310 g/mol. The fourth-order valence-corrected chi connectivity index (χ4v) is 6.11. The number of hydrogen-bond donors (Lipinski definition) is 1. The summed E-state index contributed by atoms with van der Waals surface area (Å²) < 4.78 is 31.2. The van der Waals surface area contributed by atoms with Gasteiger partial charge in [-0.25, -0.2) is 0 Å². The summed E-state index contributed by atoms with van der Waals surface area (Å²) in [6.45, 7) is 3.62. The molecule has 2 aliphatic rings. The van der Waals surface area contributed by atoms with Crippen molar-refractivity contribution in [2.45, 2.75) is 31.5 Å². The molecule has 2 rings (SSSR count). The highest BCUT2D eigenvalue weighted by molar-refractivity contribution is 9.10. The van der Waals surface area contributed by atoms with Gasteiger partial charge >= 0.3 is 0 Å². The normalized spacial score (nSPS) is 47.6. The highest BCUT2D eigenvalue weighted by atomic mass is 79.9. The number of fused-ring (bicyclic) bond motifs is 2. The number of rotatable bonds is 2. The van der Waals surface area contributed by atoms with Crippen LogP contribution in [-0.2, 0) is 14.9 Å². The van der Waals surface area contributed by atoms with E-state index in [0.717, 1.165) is 6.42 Å². The van der Waals surface area contributed by atoms with Gasteiger partial charge in [-0.1, -0.05) is 29.8 Å². The Labute approximate surface area is 104 Å². The molecule has 0 heterocycles. The van der Waals surface area contributed by atoms with E-state index >= 15 is 0 Å². The lowest BCUT2D eigenvalue weighted by Crippen LogP contribution is -2.40.